The van der Waals surface area contributed by atoms with Crippen molar-refractivity contribution in [3.8, 4) is 16.8 Å². The van der Waals surface area contributed by atoms with E-state index >= 15 is 17.6 Å². The summed E-state index contributed by atoms with van der Waals surface area (Å²) in [6.07, 6.45) is 1.09. The summed E-state index contributed by atoms with van der Waals surface area (Å²) in [6.45, 7) is 4.54. The van der Waals surface area contributed by atoms with Gasteiger partial charge in [-0.2, -0.15) is 0 Å². The summed E-state index contributed by atoms with van der Waals surface area (Å²) in [5.41, 5.74) is 11.9. The van der Waals surface area contributed by atoms with Crippen molar-refractivity contribution in [2.45, 2.75) is 57.1 Å². The van der Waals surface area contributed by atoms with Crippen LogP contribution < -0.4 is 9.80 Å². The van der Waals surface area contributed by atoms with Crippen LogP contribution in [0.15, 0.2) is 215 Å². The zero-order valence-electron chi connectivity index (χ0n) is 44.5. The molecule has 3 unspecified atom stereocenters. The van der Waals surface area contributed by atoms with Crippen molar-refractivity contribution in [2.24, 2.45) is 0 Å². The largest absolute Gasteiger partial charge is 0.470 e. The van der Waals surface area contributed by atoms with E-state index in [4.69, 9.17) is 18.3 Å². The van der Waals surface area contributed by atoms with Crippen LogP contribution in [-0.2, 0) is 14.9 Å². The average Bonchev–Trinajstić information content (AvgIpc) is 4.11. The van der Waals surface area contributed by atoms with Crippen LogP contribution in [0.4, 0.5) is 40.3 Å². The van der Waals surface area contributed by atoms with Gasteiger partial charge in [0.05, 0.1) is 45.3 Å². The van der Waals surface area contributed by atoms with E-state index in [1.165, 1.54) is 46.5 Å². The maximum Gasteiger partial charge on any atom is 0.180 e. The molecule has 0 saturated carbocycles. The highest BCUT2D eigenvalue weighted by Gasteiger charge is 2.40. The maximum atomic E-state index is 16.0. The minimum absolute atomic E-state index is 0.181. The number of benzene rings is 10. The number of hydrogen-bond donors (Lipinski definition) is 0. The molecule has 0 N–H and O–H groups in total. The summed E-state index contributed by atoms with van der Waals surface area (Å²) in [4.78, 5) is 3.24. The molecule has 10 aromatic carbocycles. The van der Waals surface area contributed by atoms with Crippen molar-refractivity contribution < 1.29 is 35.9 Å². The summed E-state index contributed by atoms with van der Waals surface area (Å²) in [6, 6.07) is 61.1. The number of fused-ring (bicyclic) bond motifs is 14. The van der Waals surface area contributed by atoms with Crippen LogP contribution in [0.3, 0.4) is 0 Å². The van der Waals surface area contributed by atoms with E-state index in [9.17, 15) is 0 Å². The van der Waals surface area contributed by atoms with Crippen LogP contribution in [0.25, 0.3) is 88.3 Å². The lowest BCUT2D eigenvalue weighted by atomic mass is 9.82. The zero-order chi connectivity index (χ0) is 55.1. The van der Waals surface area contributed by atoms with Gasteiger partial charge in [-0.05, 0) is 126 Å². The number of nitrogens with zero attached hydrogens (tertiary/aromatic N) is 3. The van der Waals surface area contributed by atoms with Gasteiger partial charge >= 0.3 is 0 Å². The molecule has 3 atom stereocenters. The van der Waals surface area contributed by atoms with Gasteiger partial charge in [0.2, 0.25) is 0 Å². The predicted octanol–water partition coefficient (Wildman–Crippen LogP) is 19.4. The topological polar surface area (TPSA) is 56.2 Å². The van der Waals surface area contributed by atoms with E-state index in [1.807, 2.05) is 42.5 Å². The molecular weight excluding hydrogens is 1030 g/mol. The number of hydrogen-bond acceptors (Lipinski definition) is 6. The molecule has 400 valence electrons. The molecule has 3 aromatic heterocycles. The Hall–Kier alpha value is -9.58. The van der Waals surface area contributed by atoms with Gasteiger partial charge in [0.15, 0.2) is 6.23 Å². The normalized spacial score (nSPS) is 17.3. The summed E-state index contributed by atoms with van der Waals surface area (Å²) >= 11 is 0. The molecule has 3 aliphatic rings. The molecule has 2 aliphatic heterocycles. The van der Waals surface area contributed by atoms with E-state index in [1.54, 1.807) is 82.6 Å². The third-order valence-electron chi connectivity index (χ3n) is 17.2. The Morgan fingerprint density at radius 1 is 0.463 bits per heavy atom. The second-order valence-corrected chi connectivity index (χ2v) is 22.1. The Bertz CT molecular complexity index is 4750. The summed E-state index contributed by atoms with van der Waals surface area (Å²) < 4.78 is 94.8. The minimum Gasteiger partial charge on any atom is -0.470 e. The number of anilines is 4. The number of furan rings is 2. The molecule has 16 rings (SSSR count). The molecule has 1 aliphatic carbocycles. The zero-order valence-corrected chi connectivity index (χ0v) is 44.5. The lowest BCUT2D eigenvalue weighted by Gasteiger charge is -2.31. The maximum absolute atomic E-state index is 16.0. The lowest BCUT2D eigenvalue weighted by molar-refractivity contribution is 0.0484. The van der Waals surface area contributed by atoms with Gasteiger partial charge in [0.1, 0.15) is 57.6 Å². The molecule has 1 saturated heterocycles. The first-order valence-corrected chi connectivity index (χ1v) is 27.7. The van der Waals surface area contributed by atoms with Crippen LogP contribution in [0.5, 0.6) is 0 Å². The SMILES string of the molecule is CC1(C)c2ccccc2-c2ccc(-n3c4cc(C5=CCC(N(c6ccccc6F)c6ccccc6F)O5)c5c6ccccc6oc5c4c4c5c(oc6ccccc65)c(C5CCC(N(c6ccccc6F)c6ccccc6F)O5)cc43)cc21. The minimum atomic E-state index is -0.832. The Balaban J connectivity index is 0.961. The third-order valence-corrected chi connectivity index (χ3v) is 17.2. The molecule has 0 spiro atoms. The molecule has 13 aromatic rings. The van der Waals surface area contributed by atoms with E-state index in [0.29, 0.717) is 47.4 Å². The van der Waals surface area contributed by atoms with Crippen molar-refractivity contribution in [2.75, 3.05) is 9.80 Å². The quantitative estimate of drug-likeness (QED) is 0.134. The number of ether oxygens (including phenoxy) is 2. The first-order chi connectivity index (χ1) is 40.1. The van der Waals surface area contributed by atoms with E-state index in [-0.39, 0.29) is 28.2 Å². The highest BCUT2D eigenvalue weighted by molar-refractivity contribution is 6.34. The first kappa shape index (κ1) is 48.3. The van der Waals surface area contributed by atoms with E-state index < -0.39 is 41.8 Å². The van der Waals surface area contributed by atoms with Gasteiger partial charge in [0, 0.05) is 55.6 Å². The summed E-state index contributed by atoms with van der Waals surface area (Å²) in [5.74, 6) is -1.49. The number of halogens is 4. The fourth-order valence-electron chi connectivity index (χ4n) is 13.6. The molecular formula is C71H49F4N3O4. The van der Waals surface area contributed by atoms with Crippen LogP contribution in [0.2, 0.25) is 0 Å². The van der Waals surface area contributed by atoms with Crippen LogP contribution in [0, 0.1) is 23.3 Å². The third kappa shape index (κ3) is 7.11. The molecule has 5 heterocycles. The van der Waals surface area contributed by atoms with E-state index in [2.05, 4.69) is 85.1 Å². The average molecular weight is 1080 g/mol. The summed E-state index contributed by atoms with van der Waals surface area (Å²) in [7, 11) is 0. The predicted molar refractivity (Wildman–Crippen MR) is 317 cm³/mol. The van der Waals surface area contributed by atoms with Crippen molar-refractivity contribution in [1.29, 1.82) is 0 Å². The Kier molecular flexibility index (Phi) is 10.7. The van der Waals surface area contributed by atoms with Gasteiger partial charge in [-0.25, -0.2) is 17.6 Å². The van der Waals surface area contributed by atoms with E-state index in [0.717, 1.165) is 60.2 Å². The highest BCUT2D eigenvalue weighted by Crippen LogP contribution is 2.54. The van der Waals surface area contributed by atoms with Crippen LogP contribution in [0.1, 0.15) is 61.5 Å². The van der Waals surface area contributed by atoms with Gasteiger partial charge in [-0.15, -0.1) is 0 Å². The van der Waals surface area contributed by atoms with Crippen molar-refractivity contribution in [1.82, 2.24) is 4.57 Å². The molecule has 0 amide bonds. The molecule has 82 heavy (non-hydrogen) atoms. The van der Waals surface area contributed by atoms with Gasteiger partial charge in [0.25, 0.3) is 0 Å². The molecule has 0 radical (unpaired) electrons. The molecule has 7 nitrogen and oxygen atoms in total. The van der Waals surface area contributed by atoms with Crippen LogP contribution >= 0.6 is 0 Å². The monoisotopic (exact) mass is 1080 g/mol. The smallest absolute Gasteiger partial charge is 0.180 e. The number of para-hydroxylation sites is 6. The Labute approximate surface area is 468 Å². The van der Waals surface area contributed by atoms with Gasteiger partial charge < -0.3 is 27.8 Å². The highest BCUT2D eigenvalue weighted by atomic mass is 19.1. The van der Waals surface area contributed by atoms with Gasteiger partial charge in [-0.3, -0.25) is 4.90 Å². The molecule has 0 bridgehead atoms. The molecule has 11 heteroatoms. The van der Waals surface area contributed by atoms with Crippen molar-refractivity contribution in [3.63, 3.8) is 0 Å². The summed E-state index contributed by atoms with van der Waals surface area (Å²) in [5, 5.41) is 5.18. The van der Waals surface area contributed by atoms with Crippen molar-refractivity contribution >= 4 is 94.2 Å². The van der Waals surface area contributed by atoms with Gasteiger partial charge in [-0.1, -0.05) is 129 Å². The van der Waals surface area contributed by atoms with Crippen LogP contribution in [-0.4, -0.2) is 17.0 Å². The standard InChI is InChI=1S/C71H49F4N3O4/c1-71(2)47-20-6-3-17-41(47)42-32-31-40(37-48(42)71)76-57-39-46(62-34-36-64(80-62)78(55-27-13-9-23-51(55)74)56-28-14-10-24-52(56)75)69-66(44-19-5-16-30-60(44)81-69)67(57)68-58(76)38-45(65-43-18-4-15-29-59(43)82-70(65)68)61-33-35-63(79-61)77(53-25-11-7-21-49(53)72)54-26-12-8-22-50(54)73/h3-33,37-39,62-64H,34-36H2,1-2H3. The number of rotatable bonds is 9. The second kappa shape index (κ2) is 18.2. The fourth-order valence-corrected chi connectivity index (χ4v) is 13.6. The first-order valence-electron chi connectivity index (χ1n) is 27.7. The second-order valence-electron chi connectivity index (χ2n) is 22.1. The Morgan fingerprint density at radius 2 is 0.988 bits per heavy atom. The lowest BCUT2D eigenvalue weighted by Crippen LogP contribution is -2.32. The number of aromatic nitrogens is 1. The Morgan fingerprint density at radius 3 is 1.62 bits per heavy atom. The van der Waals surface area contributed by atoms with Crippen molar-refractivity contribution in [3.05, 3.63) is 252 Å². The fraction of sp³-hybridized carbons (Fsp3) is 0.127. The molecule has 1 fully saturated rings.